The number of aromatic nitrogens is 3. The van der Waals surface area contributed by atoms with Crippen molar-refractivity contribution in [2.75, 3.05) is 6.54 Å². The number of nitrogens with zero attached hydrogens (tertiary/aromatic N) is 3. The minimum Gasteiger partial charge on any atom is -0.480 e. The van der Waals surface area contributed by atoms with Gasteiger partial charge in [0.15, 0.2) is 5.82 Å². The molecule has 90 valence electrons. The van der Waals surface area contributed by atoms with Gasteiger partial charge in [-0.3, -0.25) is 9.48 Å². The Kier molecular flexibility index (Phi) is 4.91. The molecule has 0 aliphatic carbocycles. The van der Waals surface area contributed by atoms with Crippen LogP contribution in [0.1, 0.15) is 25.6 Å². The van der Waals surface area contributed by atoms with Crippen molar-refractivity contribution < 1.29 is 9.90 Å². The number of rotatable bonds is 7. The molecule has 0 saturated carbocycles. The average molecular weight is 226 g/mol. The van der Waals surface area contributed by atoms with Crippen LogP contribution in [0.5, 0.6) is 0 Å². The predicted molar refractivity (Wildman–Crippen MR) is 59.0 cm³/mol. The lowest BCUT2D eigenvalue weighted by Gasteiger charge is -2.12. The molecule has 0 amide bonds. The van der Waals surface area contributed by atoms with Gasteiger partial charge in [-0.15, -0.1) is 0 Å². The maximum atomic E-state index is 10.8. The van der Waals surface area contributed by atoms with Crippen molar-refractivity contribution in [3.8, 4) is 0 Å². The van der Waals surface area contributed by atoms with Crippen molar-refractivity contribution >= 4 is 5.97 Å². The third kappa shape index (κ3) is 3.98. The zero-order valence-electron chi connectivity index (χ0n) is 9.68. The van der Waals surface area contributed by atoms with Crippen LogP contribution < -0.4 is 5.32 Å². The van der Waals surface area contributed by atoms with Gasteiger partial charge in [-0.25, -0.2) is 4.98 Å². The molecular weight excluding hydrogens is 208 g/mol. The van der Waals surface area contributed by atoms with Crippen molar-refractivity contribution in [2.45, 2.75) is 32.2 Å². The fourth-order valence-electron chi connectivity index (χ4n) is 1.46. The van der Waals surface area contributed by atoms with Gasteiger partial charge in [-0.05, 0) is 6.42 Å². The number of hydrogen-bond donors (Lipinski definition) is 2. The minimum absolute atomic E-state index is 0.464. The summed E-state index contributed by atoms with van der Waals surface area (Å²) < 4.78 is 1.63. The van der Waals surface area contributed by atoms with Crippen LogP contribution in [-0.2, 0) is 18.3 Å². The lowest BCUT2D eigenvalue weighted by Crippen LogP contribution is -2.37. The molecule has 16 heavy (non-hydrogen) atoms. The van der Waals surface area contributed by atoms with Crippen molar-refractivity contribution in [2.24, 2.45) is 7.05 Å². The highest BCUT2D eigenvalue weighted by Crippen LogP contribution is 1.97. The van der Waals surface area contributed by atoms with Crippen molar-refractivity contribution in [1.82, 2.24) is 20.1 Å². The van der Waals surface area contributed by atoms with Crippen molar-refractivity contribution in [1.29, 1.82) is 0 Å². The summed E-state index contributed by atoms with van der Waals surface area (Å²) in [5.41, 5.74) is 0. The Balaban J connectivity index is 2.30. The van der Waals surface area contributed by atoms with Gasteiger partial charge in [0.2, 0.25) is 0 Å². The van der Waals surface area contributed by atoms with Crippen molar-refractivity contribution in [3.05, 3.63) is 12.2 Å². The van der Waals surface area contributed by atoms with Crippen LogP contribution in [0.15, 0.2) is 6.33 Å². The Bertz CT molecular complexity index is 337. The molecule has 0 aromatic carbocycles. The van der Waals surface area contributed by atoms with Gasteiger partial charge in [0.25, 0.3) is 0 Å². The van der Waals surface area contributed by atoms with E-state index in [0.29, 0.717) is 19.4 Å². The summed E-state index contributed by atoms with van der Waals surface area (Å²) in [6, 6.07) is -0.464. The van der Waals surface area contributed by atoms with E-state index in [1.807, 2.05) is 6.92 Å². The second-order valence-corrected chi connectivity index (χ2v) is 3.72. The summed E-state index contributed by atoms with van der Waals surface area (Å²) in [5, 5.41) is 16.0. The molecule has 0 saturated heterocycles. The summed E-state index contributed by atoms with van der Waals surface area (Å²) in [6.07, 6.45) is 3.78. The molecule has 1 atom stereocenters. The molecule has 1 heterocycles. The van der Waals surface area contributed by atoms with E-state index in [1.54, 1.807) is 18.1 Å². The number of carboxylic acid groups (broad SMARTS) is 1. The Morgan fingerprint density at radius 2 is 2.44 bits per heavy atom. The normalized spacial score (nSPS) is 12.6. The molecule has 6 nitrogen and oxygen atoms in total. The third-order valence-electron chi connectivity index (χ3n) is 2.26. The fraction of sp³-hybridized carbons (Fsp3) is 0.700. The predicted octanol–water partition coefficient (Wildman–Crippen LogP) is 0.201. The van der Waals surface area contributed by atoms with Crippen LogP contribution in [0.4, 0.5) is 0 Å². The third-order valence-corrected chi connectivity index (χ3v) is 2.26. The molecule has 6 heteroatoms. The summed E-state index contributed by atoms with van der Waals surface area (Å²) in [7, 11) is 1.81. The lowest BCUT2D eigenvalue weighted by atomic mass is 10.1. The molecule has 1 unspecified atom stereocenters. The van der Waals surface area contributed by atoms with Crippen molar-refractivity contribution in [3.63, 3.8) is 0 Å². The smallest absolute Gasteiger partial charge is 0.320 e. The number of hydrogen-bond acceptors (Lipinski definition) is 4. The molecule has 0 aliphatic heterocycles. The maximum Gasteiger partial charge on any atom is 0.320 e. The first kappa shape index (κ1) is 12.6. The number of nitrogens with one attached hydrogen (secondary N) is 1. The lowest BCUT2D eigenvalue weighted by molar-refractivity contribution is -0.139. The second kappa shape index (κ2) is 6.22. The Labute approximate surface area is 94.7 Å². The topological polar surface area (TPSA) is 80.0 Å². The molecule has 0 radical (unpaired) electrons. The van der Waals surface area contributed by atoms with Crippen LogP contribution in [-0.4, -0.2) is 38.4 Å². The van der Waals surface area contributed by atoms with Gasteiger partial charge in [-0.2, -0.15) is 5.10 Å². The molecule has 0 fully saturated rings. The van der Waals surface area contributed by atoms with Crippen LogP contribution >= 0.6 is 0 Å². The van der Waals surface area contributed by atoms with E-state index >= 15 is 0 Å². The van der Waals surface area contributed by atoms with Crippen LogP contribution in [0.25, 0.3) is 0 Å². The highest BCUT2D eigenvalue weighted by Gasteiger charge is 2.14. The van der Waals surface area contributed by atoms with Gasteiger partial charge in [0.05, 0.1) is 0 Å². The van der Waals surface area contributed by atoms with Gasteiger partial charge in [-0.1, -0.05) is 13.3 Å². The molecule has 1 aromatic heterocycles. The zero-order chi connectivity index (χ0) is 12.0. The number of carboxylic acids is 1. The number of aliphatic carboxylic acids is 1. The summed E-state index contributed by atoms with van der Waals surface area (Å²) in [5.74, 6) is -0.0635. The molecule has 0 aliphatic rings. The van der Waals surface area contributed by atoms with Crippen LogP contribution in [0.3, 0.4) is 0 Å². The van der Waals surface area contributed by atoms with E-state index in [2.05, 4.69) is 15.4 Å². The summed E-state index contributed by atoms with van der Waals surface area (Å²) >= 11 is 0. The highest BCUT2D eigenvalue weighted by atomic mass is 16.4. The molecular formula is C10H18N4O2. The van der Waals surface area contributed by atoms with E-state index in [-0.39, 0.29) is 0 Å². The Morgan fingerprint density at radius 1 is 1.69 bits per heavy atom. The molecule has 1 aromatic rings. The van der Waals surface area contributed by atoms with E-state index < -0.39 is 12.0 Å². The van der Waals surface area contributed by atoms with E-state index in [4.69, 9.17) is 5.11 Å². The SMILES string of the molecule is CCCC(NCCc1ncn(C)n1)C(=O)O. The maximum absolute atomic E-state index is 10.8. The largest absolute Gasteiger partial charge is 0.480 e. The second-order valence-electron chi connectivity index (χ2n) is 3.72. The first-order chi connectivity index (χ1) is 7.63. The van der Waals surface area contributed by atoms with Gasteiger partial charge >= 0.3 is 5.97 Å². The van der Waals surface area contributed by atoms with E-state index in [9.17, 15) is 4.79 Å². The monoisotopic (exact) mass is 226 g/mol. The number of aryl methyl sites for hydroxylation is 1. The van der Waals surface area contributed by atoms with Gasteiger partial charge in [0, 0.05) is 20.0 Å². The van der Waals surface area contributed by atoms with E-state index in [1.165, 1.54) is 0 Å². The highest BCUT2D eigenvalue weighted by molar-refractivity contribution is 5.73. The zero-order valence-corrected chi connectivity index (χ0v) is 9.68. The number of carbonyl (C=O) groups is 1. The quantitative estimate of drug-likeness (QED) is 0.694. The first-order valence-corrected chi connectivity index (χ1v) is 5.44. The van der Waals surface area contributed by atoms with E-state index in [0.717, 1.165) is 12.2 Å². The average Bonchev–Trinajstić information content (AvgIpc) is 2.63. The molecule has 2 N–H and O–H groups in total. The molecule has 0 spiro atoms. The summed E-state index contributed by atoms with van der Waals surface area (Å²) in [4.78, 5) is 14.9. The van der Waals surface area contributed by atoms with Gasteiger partial charge < -0.3 is 10.4 Å². The molecule has 0 bridgehead atoms. The Hall–Kier alpha value is -1.43. The first-order valence-electron chi connectivity index (χ1n) is 5.44. The minimum atomic E-state index is -0.796. The van der Waals surface area contributed by atoms with Gasteiger partial charge in [0.1, 0.15) is 12.4 Å². The standard InChI is InChI=1S/C10H18N4O2/c1-3-4-8(10(15)16)11-6-5-9-12-7-14(2)13-9/h7-8,11H,3-6H2,1-2H3,(H,15,16). The fourth-order valence-corrected chi connectivity index (χ4v) is 1.46. The van der Waals surface area contributed by atoms with Crippen LogP contribution in [0, 0.1) is 0 Å². The summed E-state index contributed by atoms with van der Waals surface area (Å²) in [6.45, 7) is 2.55. The van der Waals surface area contributed by atoms with Crippen LogP contribution in [0.2, 0.25) is 0 Å². The molecule has 1 rings (SSSR count). The Morgan fingerprint density at radius 3 is 2.94 bits per heavy atom.